The average Bonchev–Trinajstić information content (AvgIpc) is 2.67. The number of aryl methyl sites for hydroxylation is 2. The fourth-order valence-corrected chi connectivity index (χ4v) is 1.83. The lowest BCUT2D eigenvalue weighted by Crippen LogP contribution is -2.31. The number of rotatable bonds is 3. The normalized spacial score (nSPS) is 10.4. The van der Waals surface area contributed by atoms with E-state index in [1.807, 2.05) is 26.0 Å². The predicted molar refractivity (Wildman–Crippen MR) is 66.7 cm³/mol. The first-order chi connectivity index (χ1) is 8.61. The number of aromatic nitrogens is 3. The van der Waals surface area contributed by atoms with E-state index in [0.717, 1.165) is 11.4 Å². The molecule has 0 bridgehead atoms. The largest absolute Gasteiger partial charge is 0.290 e. The van der Waals surface area contributed by atoms with Crippen LogP contribution in [-0.4, -0.2) is 20.7 Å². The molecule has 0 fully saturated rings. The zero-order valence-electron chi connectivity index (χ0n) is 10.3. The molecule has 0 radical (unpaired) electrons. The van der Waals surface area contributed by atoms with Crippen LogP contribution in [0.4, 0.5) is 0 Å². The van der Waals surface area contributed by atoms with Gasteiger partial charge in [0, 0.05) is 5.56 Å². The summed E-state index contributed by atoms with van der Waals surface area (Å²) >= 11 is 0. The van der Waals surface area contributed by atoms with Gasteiger partial charge in [-0.25, -0.2) is 15.5 Å². The van der Waals surface area contributed by atoms with E-state index in [-0.39, 0.29) is 5.91 Å². The number of benzene rings is 1. The summed E-state index contributed by atoms with van der Waals surface area (Å²) in [6.45, 7) is 4.21. The molecule has 2 aromatic rings. The highest BCUT2D eigenvalue weighted by Crippen LogP contribution is 2.11. The zero-order valence-corrected chi connectivity index (χ0v) is 10.3. The molecule has 0 aliphatic carbocycles. The van der Waals surface area contributed by atoms with Crippen molar-refractivity contribution in [2.45, 2.75) is 20.4 Å². The van der Waals surface area contributed by atoms with Gasteiger partial charge in [0.1, 0.15) is 11.6 Å². The van der Waals surface area contributed by atoms with Gasteiger partial charge in [-0.15, -0.1) is 0 Å². The second kappa shape index (κ2) is 4.97. The van der Waals surface area contributed by atoms with Crippen LogP contribution in [0.1, 0.15) is 27.6 Å². The van der Waals surface area contributed by atoms with Crippen LogP contribution in [0.25, 0.3) is 0 Å². The Kier molecular flexibility index (Phi) is 3.38. The quantitative estimate of drug-likeness (QED) is 0.469. The van der Waals surface area contributed by atoms with Crippen molar-refractivity contribution in [3.63, 3.8) is 0 Å². The Labute approximate surface area is 105 Å². The molecule has 94 valence electrons. The highest BCUT2D eigenvalue weighted by atomic mass is 16.2. The molecule has 1 aromatic heterocycles. The molecule has 6 nitrogen and oxygen atoms in total. The van der Waals surface area contributed by atoms with Crippen LogP contribution in [0.2, 0.25) is 0 Å². The Bertz CT molecular complexity index is 576. The lowest BCUT2D eigenvalue weighted by Gasteiger charge is -2.08. The maximum Gasteiger partial charge on any atom is 0.265 e. The molecule has 3 N–H and O–H groups in total. The molecule has 2 rings (SSSR count). The summed E-state index contributed by atoms with van der Waals surface area (Å²) < 4.78 is 1.76. The number of hydrazine groups is 1. The van der Waals surface area contributed by atoms with Crippen LogP contribution in [-0.2, 0) is 6.54 Å². The van der Waals surface area contributed by atoms with E-state index in [1.165, 1.54) is 0 Å². The Morgan fingerprint density at radius 3 is 2.72 bits per heavy atom. The topological polar surface area (TPSA) is 85.8 Å². The Morgan fingerprint density at radius 1 is 1.39 bits per heavy atom. The molecule has 1 heterocycles. The van der Waals surface area contributed by atoms with Crippen molar-refractivity contribution in [1.82, 2.24) is 20.2 Å². The summed E-state index contributed by atoms with van der Waals surface area (Å²) in [5.74, 6) is 6.39. The number of hydrogen-bond acceptors (Lipinski definition) is 4. The fourth-order valence-electron chi connectivity index (χ4n) is 1.83. The Balaban J connectivity index is 2.34. The fraction of sp³-hybridized carbons (Fsp3) is 0.250. The number of nitrogens with two attached hydrogens (primary N) is 1. The van der Waals surface area contributed by atoms with Gasteiger partial charge in [0.2, 0.25) is 0 Å². The maximum atomic E-state index is 11.6. The van der Waals surface area contributed by atoms with Gasteiger partial charge >= 0.3 is 0 Å². The summed E-state index contributed by atoms with van der Waals surface area (Å²) in [6, 6.07) is 7.28. The third-order valence-electron chi connectivity index (χ3n) is 2.68. The molecule has 1 amide bonds. The molecule has 6 heteroatoms. The number of carbonyl (C=O) groups excluding carboxylic acids is 1. The number of nitrogen functional groups attached to an aromatic ring is 1. The van der Waals surface area contributed by atoms with Crippen molar-refractivity contribution < 1.29 is 4.79 Å². The van der Waals surface area contributed by atoms with E-state index >= 15 is 0 Å². The van der Waals surface area contributed by atoms with Gasteiger partial charge < -0.3 is 0 Å². The third kappa shape index (κ3) is 2.38. The van der Waals surface area contributed by atoms with Crippen molar-refractivity contribution >= 4 is 5.91 Å². The van der Waals surface area contributed by atoms with Crippen LogP contribution < -0.4 is 11.3 Å². The van der Waals surface area contributed by atoms with E-state index in [9.17, 15) is 4.79 Å². The maximum absolute atomic E-state index is 11.6. The summed E-state index contributed by atoms with van der Waals surface area (Å²) in [7, 11) is 0. The molecule has 0 aliphatic heterocycles. The van der Waals surface area contributed by atoms with Crippen molar-refractivity contribution in [3.05, 3.63) is 47.0 Å². The molecule has 0 spiro atoms. The van der Waals surface area contributed by atoms with Crippen LogP contribution >= 0.6 is 0 Å². The highest BCUT2D eigenvalue weighted by Gasteiger charge is 2.11. The second-order valence-electron chi connectivity index (χ2n) is 3.99. The van der Waals surface area contributed by atoms with Crippen LogP contribution in [0.3, 0.4) is 0 Å². The minimum atomic E-state index is -0.305. The lowest BCUT2D eigenvalue weighted by atomic mass is 10.1. The molecule has 18 heavy (non-hydrogen) atoms. The van der Waals surface area contributed by atoms with Gasteiger partial charge in [-0.3, -0.25) is 10.2 Å². The smallest absolute Gasteiger partial charge is 0.265 e. The van der Waals surface area contributed by atoms with E-state index < -0.39 is 0 Å². The number of amides is 1. The zero-order chi connectivity index (χ0) is 13.1. The van der Waals surface area contributed by atoms with E-state index in [4.69, 9.17) is 5.84 Å². The Hall–Kier alpha value is -2.21. The van der Waals surface area contributed by atoms with Gasteiger partial charge in [-0.1, -0.05) is 18.2 Å². The number of nitrogens with one attached hydrogen (secondary N) is 1. The molecular formula is C12H15N5O. The van der Waals surface area contributed by atoms with Crippen molar-refractivity contribution in [2.75, 3.05) is 0 Å². The second-order valence-corrected chi connectivity index (χ2v) is 3.99. The summed E-state index contributed by atoms with van der Waals surface area (Å²) in [6.07, 6.45) is 0. The van der Waals surface area contributed by atoms with E-state index in [2.05, 4.69) is 15.5 Å². The van der Waals surface area contributed by atoms with Gasteiger partial charge in [-0.2, -0.15) is 5.10 Å². The SMILES string of the molecule is Cc1nc(C)n(Cc2ccccc2C(=O)NN)n1. The standard InChI is InChI=1S/C12H15N5O/c1-8-14-9(2)17(16-8)7-10-5-3-4-6-11(10)12(18)15-13/h3-6H,7,13H2,1-2H3,(H,15,18). The first kappa shape index (κ1) is 12.3. The summed E-state index contributed by atoms with van der Waals surface area (Å²) in [5, 5.41) is 4.27. The number of hydrogen-bond donors (Lipinski definition) is 2. The van der Waals surface area contributed by atoms with Gasteiger partial charge in [-0.05, 0) is 25.5 Å². The highest BCUT2D eigenvalue weighted by molar-refractivity contribution is 5.95. The van der Waals surface area contributed by atoms with Gasteiger partial charge in [0.15, 0.2) is 0 Å². The number of carbonyl (C=O) groups is 1. The first-order valence-corrected chi connectivity index (χ1v) is 5.58. The molecule has 0 unspecified atom stereocenters. The van der Waals surface area contributed by atoms with Crippen LogP contribution in [0.15, 0.2) is 24.3 Å². The molecule has 0 saturated heterocycles. The average molecular weight is 245 g/mol. The Morgan fingerprint density at radius 2 is 2.11 bits per heavy atom. The molecule has 0 saturated carbocycles. The minimum Gasteiger partial charge on any atom is -0.290 e. The molecular weight excluding hydrogens is 230 g/mol. The van der Waals surface area contributed by atoms with Gasteiger partial charge in [0.05, 0.1) is 6.54 Å². The molecule has 1 aromatic carbocycles. The van der Waals surface area contributed by atoms with E-state index in [1.54, 1.807) is 16.8 Å². The van der Waals surface area contributed by atoms with Crippen molar-refractivity contribution in [1.29, 1.82) is 0 Å². The van der Waals surface area contributed by atoms with Crippen molar-refractivity contribution in [3.8, 4) is 0 Å². The summed E-state index contributed by atoms with van der Waals surface area (Å²) in [5.41, 5.74) is 3.55. The summed E-state index contributed by atoms with van der Waals surface area (Å²) in [4.78, 5) is 15.9. The number of nitrogens with zero attached hydrogens (tertiary/aromatic N) is 3. The van der Waals surface area contributed by atoms with Gasteiger partial charge in [0.25, 0.3) is 5.91 Å². The predicted octanol–water partition coefficient (Wildman–Crippen LogP) is 0.547. The van der Waals surface area contributed by atoms with Crippen LogP contribution in [0.5, 0.6) is 0 Å². The monoisotopic (exact) mass is 245 g/mol. The van der Waals surface area contributed by atoms with Crippen LogP contribution in [0, 0.1) is 13.8 Å². The minimum absolute atomic E-state index is 0.305. The first-order valence-electron chi connectivity index (χ1n) is 5.58. The molecule has 0 atom stereocenters. The lowest BCUT2D eigenvalue weighted by molar-refractivity contribution is 0.0952. The molecule has 0 aliphatic rings. The van der Waals surface area contributed by atoms with E-state index in [0.29, 0.717) is 17.9 Å². The van der Waals surface area contributed by atoms with Crippen molar-refractivity contribution in [2.24, 2.45) is 5.84 Å². The third-order valence-corrected chi connectivity index (χ3v) is 2.68.